The third-order valence-corrected chi connectivity index (χ3v) is 4.86. The van der Waals surface area contributed by atoms with Crippen LogP contribution >= 0.6 is 0 Å². The van der Waals surface area contributed by atoms with Gasteiger partial charge in [0.25, 0.3) is 0 Å². The Balaban J connectivity index is 1.57. The van der Waals surface area contributed by atoms with Gasteiger partial charge in [-0.25, -0.2) is 0 Å². The summed E-state index contributed by atoms with van der Waals surface area (Å²) < 4.78 is 5.71. The molecule has 3 heteroatoms. The van der Waals surface area contributed by atoms with Crippen LogP contribution in [0.2, 0.25) is 0 Å². The van der Waals surface area contributed by atoms with Crippen molar-refractivity contribution in [3.8, 4) is 0 Å². The zero-order valence-corrected chi connectivity index (χ0v) is 16.0. The molecule has 1 atom stereocenters. The van der Waals surface area contributed by atoms with Crippen molar-refractivity contribution in [1.82, 2.24) is 0 Å². The van der Waals surface area contributed by atoms with Crippen LogP contribution in [0, 0.1) is 6.92 Å². The van der Waals surface area contributed by atoms with Crippen molar-refractivity contribution in [2.24, 2.45) is 0 Å². The van der Waals surface area contributed by atoms with Crippen LogP contribution < -0.4 is 10.2 Å². The molecule has 26 heavy (non-hydrogen) atoms. The molecule has 0 aliphatic rings. The quantitative estimate of drug-likeness (QED) is 0.625. The van der Waals surface area contributed by atoms with Crippen LogP contribution in [0.4, 0.5) is 5.69 Å². The molecule has 0 unspecified atom stereocenters. The van der Waals surface area contributed by atoms with E-state index in [1.807, 2.05) is 6.07 Å². The second-order valence-electron chi connectivity index (χ2n) is 7.11. The van der Waals surface area contributed by atoms with E-state index in [0.717, 1.165) is 25.3 Å². The highest BCUT2D eigenvalue weighted by Crippen LogP contribution is 2.28. The van der Waals surface area contributed by atoms with E-state index in [1.54, 1.807) is 6.26 Å². The second-order valence-corrected chi connectivity index (χ2v) is 7.11. The summed E-state index contributed by atoms with van der Waals surface area (Å²) in [4.78, 5) is 2.13. The van der Waals surface area contributed by atoms with Gasteiger partial charge < -0.3 is 14.6 Å². The van der Waals surface area contributed by atoms with Crippen LogP contribution in [0.5, 0.6) is 0 Å². The molecular weight excluding hydrogens is 320 g/mol. The summed E-state index contributed by atoms with van der Waals surface area (Å²) >= 11 is 0. The highest BCUT2D eigenvalue weighted by molar-refractivity contribution is 5.45. The molecule has 2 N–H and O–H groups in total. The minimum Gasteiger partial charge on any atom is -0.469 e. The lowest BCUT2D eigenvalue weighted by atomic mass is 9.92. The number of nitrogens with zero attached hydrogens (tertiary/aromatic N) is 1. The Kier molecular flexibility index (Phi) is 6.13. The van der Waals surface area contributed by atoms with E-state index < -0.39 is 0 Å². The van der Waals surface area contributed by atoms with Gasteiger partial charge in [0, 0.05) is 37.7 Å². The number of quaternary nitrogens is 1. The normalized spacial score (nSPS) is 12.1. The van der Waals surface area contributed by atoms with Gasteiger partial charge >= 0.3 is 0 Å². The Labute approximate surface area is 156 Å². The molecule has 0 fully saturated rings. The molecule has 0 aliphatic carbocycles. The van der Waals surface area contributed by atoms with Crippen molar-refractivity contribution in [2.45, 2.75) is 25.8 Å². The molecule has 0 bridgehead atoms. The maximum Gasteiger partial charge on any atom is 0.111 e. The van der Waals surface area contributed by atoms with Gasteiger partial charge in [0.1, 0.15) is 12.3 Å². The number of anilines is 1. The Bertz CT molecular complexity index is 774. The third kappa shape index (κ3) is 4.77. The third-order valence-electron chi connectivity index (χ3n) is 4.86. The van der Waals surface area contributed by atoms with Crippen LogP contribution in [-0.4, -0.2) is 20.6 Å². The highest BCUT2D eigenvalue weighted by atomic mass is 16.3. The predicted octanol–water partition coefficient (Wildman–Crippen LogP) is 3.94. The lowest BCUT2D eigenvalue weighted by Crippen LogP contribution is -2.82. The molecule has 1 heterocycles. The van der Waals surface area contributed by atoms with E-state index in [9.17, 15) is 0 Å². The van der Waals surface area contributed by atoms with Crippen LogP contribution in [0.1, 0.15) is 34.8 Å². The summed E-state index contributed by atoms with van der Waals surface area (Å²) in [5.74, 6) is 1.37. The molecule has 0 saturated carbocycles. The van der Waals surface area contributed by atoms with Crippen LogP contribution in [0.25, 0.3) is 0 Å². The summed E-state index contributed by atoms with van der Waals surface area (Å²) in [5, 5.41) is 2.38. The number of hydrogen-bond donors (Lipinski definition) is 1. The summed E-state index contributed by atoms with van der Waals surface area (Å²) in [6, 6.07) is 21.7. The molecule has 3 nitrogen and oxygen atoms in total. The first-order chi connectivity index (χ1) is 12.6. The fraction of sp³-hybridized carbons (Fsp3) is 0.304. The van der Waals surface area contributed by atoms with Gasteiger partial charge in [-0.05, 0) is 36.8 Å². The van der Waals surface area contributed by atoms with Crippen molar-refractivity contribution >= 4 is 5.69 Å². The lowest BCUT2D eigenvalue weighted by Gasteiger charge is -2.15. The summed E-state index contributed by atoms with van der Waals surface area (Å²) in [7, 11) is 4.14. The average Bonchev–Trinajstić information content (AvgIpc) is 3.17. The minimum absolute atomic E-state index is 0.318. The molecule has 0 amide bonds. The van der Waals surface area contributed by atoms with E-state index in [4.69, 9.17) is 4.42 Å². The Hall–Kier alpha value is -2.52. The number of aryl methyl sites for hydroxylation is 1. The van der Waals surface area contributed by atoms with Gasteiger partial charge in [-0.15, -0.1) is 0 Å². The first-order valence-electron chi connectivity index (χ1n) is 9.31. The zero-order valence-electron chi connectivity index (χ0n) is 16.0. The summed E-state index contributed by atoms with van der Waals surface area (Å²) in [6.07, 6.45) is 2.83. The lowest BCUT2D eigenvalue weighted by molar-refractivity contribution is -0.671. The van der Waals surface area contributed by atoms with Crippen LogP contribution in [0.3, 0.4) is 0 Å². The Morgan fingerprint density at radius 1 is 0.962 bits per heavy atom. The summed E-state index contributed by atoms with van der Waals surface area (Å²) in [6.45, 7) is 4.20. The smallest absolute Gasteiger partial charge is 0.111 e. The van der Waals surface area contributed by atoms with Crippen molar-refractivity contribution in [3.05, 3.63) is 89.4 Å². The fourth-order valence-electron chi connectivity index (χ4n) is 3.24. The number of hydrogen-bond acceptors (Lipinski definition) is 2. The van der Waals surface area contributed by atoms with Gasteiger partial charge in [0.15, 0.2) is 0 Å². The van der Waals surface area contributed by atoms with Crippen molar-refractivity contribution in [1.29, 1.82) is 0 Å². The molecular formula is C23H29N2O+. The second kappa shape index (κ2) is 8.72. The number of nitrogens with two attached hydrogens (primary N) is 1. The highest BCUT2D eigenvalue weighted by Gasteiger charge is 2.17. The van der Waals surface area contributed by atoms with E-state index in [-0.39, 0.29) is 0 Å². The summed E-state index contributed by atoms with van der Waals surface area (Å²) in [5.41, 5.74) is 5.22. The number of benzene rings is 2. The van der Waals surface area contributed by atoms with Crippen LogP contribution in [0.15, 0.2) is 71.3 Å². The van der Waals surface area contributed by atoms with E-state index in [0.29, 0.717) is 5.92 Å². The van der Waals surface area contributed by atoms with Crippen molar-refractivity contribution in [2.75, 3.05) is 25.5 Å². The predicted molar refractivity (Wildman–Crippen MR) is 108 cm³/mol. The first kappa shape index (κ1) is 18.3. The van der Waals surface area contributed by atoms with Gasteiger partial charge in [-0.3, -0.25) is 0 Å². The molecule has 0 aliphatic heterocycles. The molecule has 0 spiro atoms. The van der Waals surface area contributed by atoms with E-state index in [2.05, 4.69) is 85.8 Å². The maximum atomic E-state index is 5.71. The molecule has 136 valence electrons. The van der Waals surface area contributed by atoms with Crippen molar-refractivity contribution < 1.29 is 9.73 Å². The molecule has 0 radical (unpaired) electrons. The fourth-order valence-corrected chi connectivity index (χ4v) is 3.24. The molecule has 2 aromatic carbocycles. The topological polar surface area (TPSA) is 33.0 Å². The molecule has 3 aromatic rings. The monoisotopic (exact) mass is 349 g/mol. The largest absolute Gasteiger partial charge is 0.469 e. The van der Waals surface area contributed by atoms with Gasteiger partial charge in [0.2, 0.25) is 0 Å². The molecule has 1 aromatic heterocycles. The standard InChI is InChI=1S/C23H28N2O/c1-18-6-10-20(11-7-18)22(23-5-4-16-26-23)14-15-24-17-19-8-12-21(13-9-19)25(2)3/h4-13,16,22,24H,14-15,17H2,1-3H3/p+1/t22-/m1/s1. The van der Waals surface area contributed by atoms with Crippen LogP contribution in [-0.2, 0) is 6.54 Å². The number of furan rings is 1. The number of rotatable bonds is 8. The average molecular weight is 349 g/mol. The first-order valence-corrected chi connectivity index (χ1v) is 9.31. The van der Waals surface area contributed by atoms with Gasteiger partial charge in [-0.2, -0.15) is 0 Å². The van der Waals surface area contributed by atoms with Gasteiger partial charge in [0.05, 0.1) is 12.8 Å². The SMILES string of the molecule is Cc1ccc([C@@H](CC[NH2+]Cc2ccc(N(C)C)cc2)c2ccco2)cc1. The van der Waals surface area contributed by atoms with Gasteiger partial charge in [-0.1, -0.05) is 42.0 Å². The minimum atomic E-state index is 0.318. The Morgan fingerprint density at radius 2 is 1.69 bits per heavy atom. The maximum absolute atomic E-state index is 5.71. The van der Waals surface area contributed by atoms with E-state index >= 15 is 0 Å². The Morgan fingerprint density at radius 3 is 2.31 bits per heavy atom. The molecule has 3 rings (SSSR count). The van der Waals surface area contributed by atoms with E-state index in [1.165, 1.54) is 22.4 Å². The van der Waals surface area contributed by atoms with Crippen molar-refractivity contribution in [3.63, 3.8) is 0 Å². The molecule has 0 saturated heterocycles. The zero-order chi connectivity index (χ0) is 18.4.